The fourth-order valence-corrected chi connectivity index (χ4v) is 8.30. The fourth-order valence-electron chi connectivity index (χ4n) is 6.07. The van der Waals surface area contributed by atoms with Crippen LogP contribution in [0, 0.1) is 17.8 Å². The molecule has 1 aromatic heterocycles. The molecule has 2 fully saturated rings. The molecular formula is C46H76N6O8S2. The number of para-hydroxylation sites is 1. The first-order valence-corrected chi connectivity index (χ1v) is 24.1. The van der Waals surface area contributed by atoms with E-state index >= 15 is 0 Å². The molecule has 0 spiro atoms. The Morgan fingerprint density at radius 3 is 2.23 bits per heavy atom. The van der Waals surface area contributed by atoms with Crippen LogP contribution in [0.15, 0.2) is 52.2 Å². The number of imidazole rings is 1. The Morgan fingerprint density at radius 2 is 1.73 bits per heavy atom. The quantitative estimate of drug-likeness (QED) is 0.0485. The van der Waals surface area contributed by atoms with Crippen molar-refractivity contribution in [2.45, 2.75) is 163 Å². The van der Waals surface area contributed by atoms with Gasteiger partial charge in [0, 0.05) is 34.9 Å². The molecule has 1 aromatic carbocycles. The Labute approximate surface area is 375 Å². The molecule has 2 aliphatic rings. The maximum Gasteiger partial charge on any atom is 0.405 e. The lowest BCUT2D eigenvalue weighted by Gasteiger charge is -2.16. The van der Waals surface area contributed by atoms with Crippen LogP contribution in [0.5, 0.6) is 0 Å². The van der Waals surface area contributed by atoms with Crippen molar-refractivity contribution >= 4 is 62.0 Å². The Kier molecular flexibility index (Phi) is 23.7. The number of allylic oxidation sites excluding steroid dienone is 4. The minimum Gasteiger partial charge on any atom is -0.444 e. The maximum absolute atomic E-state index is 12.2. The summed E-state index contributed by atoms with van der Waals surface area (Å²) in [4.78, 5) is 59.7. The van der Waals surface area contributed by atoms with E-state index in [0.29, 0.717) is 25.8 Å². The van der Waals surface area contributed by atoms with Gasteiger partial charge in [-0.3, -0.25) is 23.7 Å². The number of sulfonamides is 1. The molecule has 0 aliphatic heterocycles. The highest BCUT2D eigenvalue weighted by molar-refractivity contribution is 8.11. The molecule has 16 heteroatoms. The standard InChI is InChI=1S/C19H26N2OS.C15H25NO3S.C7H14N2O2.C5H11NO2/c1-7-9-13(4)14(5)23-15(6)16-10-8-11-17-18(16)20-19(22)21(17)12(2)3;1-3-4-5-6-7-8-12-11-13(12)14(17)16-20(18,19)15(2)9-10-15;1-6(7(8)11)3-2-4-9-5-10;1-5(2,3)8-4(6)7/h8,10-12H,6-7,9H2,1-5H3,(H,20,22);7-8,12-13H,3-6,9-11H2,1-2H3,(H,16,17);5-6H,2-4H2,1H3,(H2,8,11)(H,9,10);1-3H3,(H2,6,7)/b14-13+;8-7-;;. The van der Waals surface area contributed by atoms with Crippen molar-refractivity contribution in [1.29, 1.82) is 0 Å². The van der Waals surface area contributed by atoms with E-state index in [0.717, 1.165) is 60.0 Å². The monoisotopic (exact) mass is 905 g/mol. The Bertz CT molecular complexity index is 2020. The molecule has 4 amide bonds. The van der Waals surface area contributed by atoms with E-state index in [-0.39, 0.29) is 41.3 Å². The molecule has 4 rings (SSSR count). The highest BCUT2D eigenvalue weighted by atomic mass is 32.2. The number of nitrogens with zero attached hydrogens (tertiary/aromatic N) is 1. The van der Waals surface area contributed by atoms with Crippen molar-refractivity contribution in [2.24, 2.45) is 29.2 Å². The highest BCUT2D eigenvalue weighted by Gasteiger charge is 2.52. The number of rotatable bonds is 20. The third kappa shape index (κ3) is 19.8. The van der Waals surface area contributed by atoms with Crippen molar-refractivity contribution in [3.05, 3.63) is 63.5 Å². The van der Waals surface area contributed by atoms with Crippen LogP contribution in [0.1, 0.15) is 158 Å². The summed E-state index contributed by atoms with van der Waals surface area (Å²) in [5, 5.41) is 2.51. The zero-order valence-electron chi connectivity index (χ0n) is 39.2. The topological polar surface area (TPSA) is 226 Å². The number of carbonyl (C=O) groups excluding carboxylic acids is 4. The van der Waals surface area contributed by atoms with Gasteiger partial charge in [0.15, 0.2) is 0 Å². The molecule has 3 unspecified atom stereocenters. The third-order valence-corrected chi connectivity index (χ3v) is 13.7. The van der Waals surface area contributed by atoms with Crippen LogP contribution in [-0.4, -0.2) is 59.2 Å². The van der Waals surface area contributed by atoms with E-state index in [4.69, 9.17) is 11.5 Å². The second-order valence-corrected chi connectivity index (χ2v) is 21.1. The Morgan fingerprint density at radius 1 is 1.08 bits per heavy atom. The summed E-state index contributed by atoms with van der Waals surface area (Å²) in [7, 11) is -3.47. The summed E-state index contributed by atoms with van der Waals surface area (Å²) in [5.41, 5.74) is 13.5. The van der Waals surface area contributed by atoms with E-state index < -0.39 is 26.5 Å². The molecule has 1 heterocycles. The second kappa shape index (κ2) is 26.3. The van der Waals surface area contributed by atoms with Crippen LogP contribution < -0.4 is 27.2 Å². The number of unbranched alkanes of at least 4 members (excludes halogenated alkanes) is 3. The summed E-state index contributed by atoms with van der Waals surface area (Å²) in [6.45, 7) is 26.3. The van der Waals surface area contributed by atoms with Crippen LogP contribution in [0.4, 0.5) is 4.79 Å². The lowest BCUT2D eigenvalue weighted by Crippen LogP contribution is -2.39. The predicted octanol–water partition coefficient (Wildman–Crippen LogP) is 8.98. The number of nitrogens with one attached hydrogen (secondary N) is 3. The summed E-state index contributed by atoms with van der Waals surface area (Å²) in [6.07, 6.45) is 14.7. The van der Waals surface area contributed by atoms with Crippen molar-refractivity contribution < 1.29 is 32.3 Å². The number of hydrogen-bond donors (Lipinski definition) is 5. The second-order valence-electron chi connectivity index (χ2n) is 17.6. The fraction of sp³-hybridized carbons (Fsp3) is 0.630. The Hall–Kier alpha value is -4.31. The number of hydrogen-bond acceptors (Lipinski definition) is 9. The average molecular weight is 905 g/mol. The molecule has 0 radical (unpaired) electrons. The van der Waals surface area contributed by atoms with Gasteiger partial charge in [0.25, 0.3) is 0 Å². The van der Waals surface area contributed by atoms with Gasteiger partial charge in [0.05, 0.1) is 15.8 Å². The summed E-state index contributed by atoms with van der Waals surface area (Å²) >= 11 is 1.69. The van der Waals surface area contributed by atoms with Crippen molar-refractivity contribution in [1.82, 2.24) is 19.6 Å². The van der Waals surface area contributed by atoms with E-state index in [2.05, 4.69) is 66.2 Å². The largest absolute Gasteiger partial charge is 0.444 e. The normalized spacial score (nSPS) is 17.2. The van der Waals surface area contributed by atoms with Crippen molar-refractivity contribution in [3.8, 4) is 0 Å². The lowest BCUT2D eigenvalue weighted by atomic mass is 10.1. The number of benzene rings is 1. The van der Waals surface area contributed by atoms with Gasteiger partial charge in [-0.1, -0.05) is 88.2 Å². The molecule has 350 valence electrons. The van der Waals surface area contributed by atoms with Crippen LogP contribution in [0.3, 0.4) is 0 Å². The molecule has 0 bridgehead atoms. The lowest BCUT2D eigenvalue weighted by molar-refractivity contribution is -0.122. The van der Waals surface area contributed by atoms with Crippen LogP contribution in [0.25, 0.3) is 15.9 Å². The number of carbonyl (C=O) groups is 4. The number of aromatic amines is 1. The van der Waals surface area contributed by atoms with E-state index in [9.17, 15) is 32.4 Å². The summed E-state index contributed by atoms with van der Waals surface area (Å²) in [6, 6.07) is 6.13. The van der Waals surface area contributed by atoms with Gasteiger partial charge < -0.3 is 26.5 Å². The van der Waals surface area contributed by atoms with Gasteiger partial charge in [0.1, 0.15) is 5.60 Å². The van der Waals surface area contributed by atoms with E-state index in [1.54, 1.807) is 50.9 Å². The predicted molar refractivity (Wildman–Crippen MR) is 255 cm³/mol. The number of nitrogens with two attached hydrogens (primary N) is 2. The number of H-pyrrole nitrogens is 1. The number of ether oxygens (including phenoxy) is 1. The van der Waals surface area contributed by atoms with Crippen LogP contribution in [0.2, 0.25) is 0 Å². The van der Waals surface area contributed by atoms with Crippen LogP contribution >= 0.6 is 11.8 Å². The van der Waals surface area contributed by atoms with Gasteiger partial charge in [-0.25, -0.2) is 18.0 Å². The number of fused-ring (bicyclic) bond motifs is 1. The Balaban J connectivity index is 0.000000447. The van der Waals surface area contributed by atoms with Gasteiger partial charge in [-0.05, 0) is 124 Å². The van der Waals surface area contributed by atoms with Gasteiger partial charge in [0.2, 0.25) is 28.2 Å². The minimum absolute atomic E-state index is 0.0605. The summed E-state index contributed by atoms with van der Waals surface area (Å²) < 4.78 is 31.8. The first-order valence-electron chi connectivity index (χ1n) is 21.8. The van der Waals surface area contributed by atoms with Crippen LogP contribution in [-0.2, 0) is 29.1 Å². The molecule has 62 heavy (non-hydrogen) atoms. The minimum atomic E-state index is -3.47. The van der Waals surface area contributed by atoms with Gasteiger partial charge in [-0.2, -0.15) is 0 Å². The molecule has 3 atom stereocenters. The molecule has 7 N–H and O–H groups in total. The molecular weight excluding hydrogens is 829 g/mol. The third-order valence-electron chi connectivity index (χ3n) is 10.4. The maximum atomic E-state index is 12.2. The smallest absolute Gasteiger partial charge is 0.405 e. The van der Waals surface area contributed by atoms with Gasteiger partial charge >= 0.3 is 11.8 Å². The van der Waals surface area contributed by atoms with E-state index in [1.807, 2.05) is 32.0 Å². The molecule has 2 aromatic rings. The highest BCUT2D eigenvalue weighted by Crippen LogP contribution is 2.44. The SMILES string of the molecule is C=C(S/C(C)=C(\C)CCC)c1cccc2c1[nH]c(=O)n2C(C)C.CC(C)(C)OC(N)=O.CC(CCCNC=O)C(N)=O.CCCCC/C=C\C1CC1C(=O)NS(=O)(=O)C1(C)CC1. The van der Waals surface area contributed by atoms with Crippen molar-refractivity contribution in [3.63, 3.8) is 0 Å². The summed E-state index contributed by atoms with van der Waals surface area (Å²) in [5.74, 6) is -0.603. The zero-order valence-corrected chi connectivity index (χ0v) is 40.8. The number of amides is 4. The number of primary amides is 2. The zero-order chi connectivity index (χ0) is 47.4. The molecule has 0 saturated heterocycles. The first-order chi connectivity index (χ1) is 28.9. The number of thioether (sulfide) groups is 1. The number of aromatic nitrogens is 2. The van der Waals surface area contributed by atoms with E-state index in [1.165, 1.54) is 29.7 Å². The first kappa shape index (κ1) is 55.7. The average Bonchev–Trinajstić information content (AvgIpc) is 4.09. The molecule has 2 saturated carbocycles. The van der Waals surface area contributed by atoms with Gasteiger partial charge in [-0.15, -0.1) is 0 Å². The molecule has 14 nitrogen and oxygen atoms in total. The van der Waals surface area contributed by atoms with Crippen molar-refractivity contribution in [2.75, 3.05) is 6.54 Å². The molecule has 2 aliphatic carbocycles.